The molecule has 0 bridgehead atoms. The number of ether oxygens (including phenoxy) is 1. The first kappa shape index (κ1) is 16.3. The van der Waals surface area contributed by atoms with Gasteiger partial charge in [0.05, 0.1) is 10.7 Å². The lowest BCUT2D eigenvalue weighted by atomic mass is 10.1. The van der Waals surface area contributed by atoms with Gasteiger partial charge < -0.3 is 15.4 Å². The number of carbonyl (C=O) groups excluding carboxylic acids is 1. The Morgan fingerprint density at radius 2 is 2.26 bits per heavy atom. The average Bonchev–Trinajstić information content (AvgIpc) is 2.96. The van der Waals surface area contributed by atoms with E-state index in [4.69, 9.17) is 16.3 Å². The summed E-state index contributed by atoms with van der Waals surface area (Å²) in [4.78, 5) is 12.9. The Balaban J connectivity index is 1.71. The second-order valence-corrected chi connectivity index (χ2v) is 6.96. The average molecular weight is 351 g/mol. The first-order valence-electron chi connectivity index (χ1n) is 7.65. The van der Waals surface area contributed by atoms with Gasteiger partial charge in [0.25, 0.3) is 5.91 Å². The molecular formula is C17H19ClN2O2S. The molecule has 2 aromatic rings. The molecule has 0 saturated heterocycles. The summed E-state index contributed by atoms with van der Waals surface area (Å²) >= 11 is 7.77. The van der Waals surface area contributed by atoms with Gasteiger partial charge in [-0.1, -0.05) is 24.6 Å². The molecule has 6 heteroatoms. The van der Waals surface area contributed by atoms with E-state index in [9.17, 15) is 4.79 Å². The molecule has 1 amide bonds. The fourth-order valence-electron chi connectivity index (χ4n) is 2.51. The minimum Gasteiger partial charge on any atom is -0.478 e. The van der Waals surface area contributed by atoms with E-state index in [1.54, 1.807) is 11.3 Å². The van der Waals surface area contributed by atoms with Gasteiger partial charge in [-0.15, -0.1) is 11.3 Å². The smallest absolute Gasteiger partial charge is 0.265 e. The summed E-state index contributed by atoms with van der Waals surface area (Å²) < 4.78 is 5.79. The van der Waals surface area contributed by atoms with E-state index in [0.29, 0.717) is 6.42 Å². The molecule has 0 unspecified atom stereocenters. The third-order valence-corrected chi connectivity index (χ3v) is 5.34. The Hall–Kier alpha value is -1.56. The van der Waals surface area contributed by atoms with Gasteiger partial charge in [-0.25, -0.2) is 0 Å². The number of hydrogen-bond donors (Lipinski definition) is 2. The number of anilines is 1. The maximum absolute atomic E-state index is 11.8. The van der Waals surface area contributed by atoms with E-state index in [1.165, 1.54) is 0 Å². The van der Waals surface area contributed by atoms with Crippen LogP contribution < -0.4 is 15.4 Å². The molecule has 0 spiro atoms. The standard InChI is InChI=1S/C17H19ClN2O2S/c1-3-14-17(21)20-13-5-4-11(8-15(13)22-14)10(2)19-9-16-12(18)6-7-23-16/h4-8,10,14,19H,3,9H2,1-2H3,(H,20,21)/t10-,14-/m0/s1. The summed E-state index contributed by atoms with van der Waals surface area (Å²) in [6.07, 6.45) is 0.242. The number of rotatable bonds is 5. The van der Waals surface area contributed by atoms with Crippen molar-refractivity contribution in [3.05, 3.63) is 45.1 Å². The van der Waals surface area contributed by atoms with Gasteiger partial charge in [0.1, 0.15) is 5.75 Å². The van der Waals surface area contributed by atoms with E-state index in [0.717, 1.165) is 33.4 Å². The van der Waals surface area contributed by atoms with Gasteiger partial charge in [-0.05, 0) is 42.5 Å². The van der Waals surface area contributed by atoms with Crippen molar-refractivity contribution in [3.63, 3.8) is 0 Å². The molecule has 0 fully saturated rings. The predicted octanol–water partition coefficient (Wildman–Crippen LogP) is 4.36. The quantitative estimate of drug-likeness (QED) is 0.842. The van der Waals surface area contributed by atoms with Crippen molar-refractivity contribution in [2.24, 2.45) is 0 Å². The summed E-state index contributed by atoms with van der Waals surface area (Å²) in [7, 11) is 0. The van der Waals surface area contributed by atoms with E-state index >= 15 is 0 Å². The summed E-state index contributed by atoms with van der Waals surface area (Å²) in [5.74, 6) is 0.656. The Labute approximate surface area is 144 Å². The van der Waals surface area contributed by atoms with Gasteiger partial charge in [-0.2, -0.15) is 0 Å². The topological polar surface area (TPSA) is 50.4 Å². The molecule has 2 N–H and O–H groups in total. The maximum atomic E-state index is 11.8. The normalized spacial score (nSPS) is 18.0. The molecule has 1 aromatic carbocycles. The van der Waals surface area contributed by atoms with Crippen LogP contribution in [0.4, 0.5) is 5.69 Å². The number of amides is 1. The predicted molar refractivity (Wildman–Crippen MR) is 94.4 cm³/mol. The molecule has 23 heavy (non-hydrogen) atoms. The van der Waals surface area contributed by atoms with Crippen molar-refractivity contribution >= 4 is 34.5 Å². The summed E-state index contributed by atoms with van der Waals surface area (Å²) in [5.41, 5.74) is 1.85. The summed E-state index contributed by atoms with van der Waals surface area (Å²) in [6.45, 7) is 4.76. The molecule has 2 atom stereocenters. The van der Waals surface area contributed by atoms with Crippen LogP contribution in [0.5, 0.6) is 5.75 Å². The zero-order valence-electron chi connectivity index (χ0n) is 13.1. The first-order chi connectivity index (χ1) is 11.1. The minimum absolute atomic E-state index is 0.0775. The fourth-order valence-corrected chi connectivity index (χ4v) is 3.57. The first-order valence-corrected chi connectivity index (χ1v) is 8.91. The highest BCUT2D eigenvalue weighted by molar-refractivity contribution is 7.10. The molecule has 1 aliphatic rings. The molecule has 4 nitrogen and oxygen atoms in total. The van der Waals surface area contributed by atoms with Gasteiger partial charge in [0, 0.05) is 17.5 Å². The highest BCUT2D eigenvalue weighted by Crippen LogP contribution is 2.33. The van der Waals surface area contributed by atoms with Gasteiger partial charge in [0.15, 0.2) is 6.10 Å². The van der Waals surface area contributed by atoms with Gasteiger partial charge in [0.2, 0.25) is 0 Å². The van der Waals surface area contributed by atoms with Crippen LogP contribution in [0, 0.1) is 0 Å². The van der Waals surface area contributed by atoms with Crippen LogP contribution in [-0.2, 0) is 11.3 Å². The molecule has 1 aromatic heterocycles. The monoisotopic (exact) mass is 350 g/mol. The molecule has 0 radical (unpaired) electrons. The number of hydrogen-bond acceptors (Lipinski definition) is 4. The molecule has 1 aliphatic heterocycles. The zero-order chi connectivity index (χ0) is 16.4. The molecule has 0 aliphatic carbocycles. The van der Waals surface area contributed by atoms with Crippen molar-refractivity contribution in [2.45, 2.75) is 39.0 Å². The third kappa shape index (κ3) is 3.52. The van der Waals surface area contributed by atoms with Crippen molar-refractivity contribution in [3.8, 4) is 5.75 Å². The molecule has 3 rings (SSSR count). The Kier molecular flexibility index (Phi) is 4.90. The van der Waals surface area contributed by atoms with Crippen molar-refractivity contribution in [1.29, 1.82) is 0 Å². The summed E-state index contributed by atoms with van der Waals surface area (Å²) in [6, 6.07) is 7.95. The molecule has 2 heterocycles. The molecule has 0 saturated carbocycles. The molecule has 122 valence electrons. The van der Waals surface area contributed by atoms with Crippen LogP contribution in [-0.4, -0.2) is 12.0 Å². The van der Waals surface area contributed by atoms with E-state index in [-0.39, 0.29) is 11.9 Å². The van der Waals surface area contributed by atoms with Crippen molar-refractivity contribution in [1.82, 2.24) is 5.32 Å². The Morgan fingerprint density at radius 1 is 1.43 bits per heavy atom. The van der Waals surface area contributed by atoms with Crippen LogP contribution in [0.25, 0.3) is 0 Å². The highest BCUT2D eigenvalue weighted by Gasteiger charge is 2.26. The number of fused-ring (bicyclic) bond motifs is 1. The lowest BCUT2D eigenvalue weighted by Crippen LogP contribution is -2.36. The van der Waals surface area contributed by atoms with E-state index < -0.39 is 6.10 Å². The minimum atomic E-state index is -0.411. The molecular weight excluding hydrogens is 332 g/mol. The number of nitrogens with one attached hydrogen (secondary N) is 2. The van der Waals surface area contributed by atoms with E-state index in [2.05, 4.69) is 17.6 Å². The maximum Gasteiger partial charge on any atom is 0.265 e. The van der Waals surface area contributed by atoms with Crippen LogP contribution in [0.2, 0.25) is 5.02 Å². The largest absolute Gasteiger partial charge is 0.478 e. The van der Waals surface area contributed by atoms with Crippen LogP contribution in [0.15, 0.2) is 29.6 Å². The van der Waals surface area contributed by atoms with Crippen LogP contribution in [0.1, 0.15) is 36.8 Å². The van der Waals surface area contributed by atoms with Crippen LogP contribution in [0.3, 0.4) is 0 Å². The number of carbonyl (C=O) groups is 1. The SMILES string of the molecule is CC[C@@H]1Oc2cc([C@H](C)NCc3sccc3Cl)ccc2NC1=O. The van der Waals surface area contributed by atoms with Crippen molar-refractivity contribution in [2.75, 3.05) is 5.32 Å². The van der Waals surface area contributed by atoms with Crippen LogP contribution >= 0.6 is 22.9 Å². The van der Waals surface area contributed by atoms with E-state index in [1.807, 2.05) is 36.6 Å². The third-order valence-electron chi connectivity index (χ3n) is 3.96. The Morgan fingerprint density at radius 3 is 2.96 bits per heavy atom. The van der Waals surface area contributed by atoms with Gasteiger partial charge in [-0.3, -0.25) is 4.79 Å². The lowest BCUT2D eigenvalue weighted by molar-refractivity contribution is -0.123. The lowest BCUT2D eigenvalue weighted by Gasteiger charge is -2.26. The van der Waals surface area contributed by atoms with Gasteiger partial charge >= 0.3 is 0 Å². The number of halogens is 1. The number of benzene rings is 1. The number of thiophene rings is 1. The zero-order valence-corrected chi connectivity index (χ0v) is 14.6. The Bertz CT molecular complexity index is 716. The second-order valence-electron chi connectivity index (χ2n) is 5.55. The van der Waals surface area contributed by atoms with Crippen molar-refractivity contribution < 1.29 is 9.53 Å². The second kappa shape index (κ2) is 6.91. The fraction of sp³-hybridized carbons (Fsp3) is 0.353. The highest BCUT2D eigenvalue weighted by atomic mass is 35.5. The summed E-state index contributed by atoms with van der Waals surface area (Å²) in [5, 5.41) is 9.15.